The smallest absolute Gasteiger partial charge is 0.252 e. The van der Waals surface area contributed by atoms with Crippen molar-refractivity contribution in [1.29, 1.82) is 0 Å². The first kappa shape index (κ1) is 16.6. The Kier molecular flexibility index (Phi) is 3.94. The standard InChI is InChI=1S/C19H21N3O4/c1-3-10-15-13(22-18(24)16(10)15)8-26-19-11-7-14(25-2)12(17(20)23)6-9(11)4-5-21-19/h4-7,10,13,15-16H,3,8H2,1-2H3,(H2,20,23)(H,22,24)/t10?,13-,15?,16?/m1/s1. The highest BCUT2D eigenvalue weighted by Gasteiger charge is 2.62. The highest BCUT2D eigenvalue weighted by Crippen LogP contribution is 2.54. The largest absolute Gasteiger partial charge is 0.496 e. The van der Waals surface area contributed by atoms with Crippen LogP contribution in [0.15, 0.2) is 24.4 Å². The number of nitrogens with zero attached hydrogens (tertiary/aromatic N) is 1. The Hall–Kier alpha value is -2.83. The van der Waals surface area contributed by atoms with Crippen LogP contribution in [0.1, 0.15) is 23.7 Å². The summed E-state index contributed by atoms with van der Waals surface area (Å²) in [5.41, 5.74) is 5.73. The van der Waals surface area contributed by atoms with Crippen LogP contribution in [0.2, 0.25) is 0 Å². The van der Waals surface area contributed by atoms with E-state index in [4.69, 9.17) is 15.2 Å². The van der Waals surface area contributed by atoms with Crippen molar-refractivity contribution in [3.63, 3.8) is 0 Å². The number of benzene rings is 1. The predicted molar refractivity (Wildman–Crippen MR) is 95.0 cm³/mol. The number of pyridine rings is 1. The summed E-state index contributed by atoms with van der Waals surface area (Å²) in [5, 5.41) is 4.53. The molecular weight excluding hydrogens is 334 g/mol. The van der Waals surface area contributed by atoms with Crippen molar-refractivity contribution in [2.45, 2.75) is 19.4 Å². The van der Waals surface area contributed by atoms with E-state index in [1.165, 1.54) is 7.11 Å². The Labute approximate surface area is 150 Å². The van der Waals surface area contributed by atoms with Crippen molar-refractivity contribution in [2.75, 3.05) is 13.7 Å². The van der Waals surface area contributed by atoms with Crippen molar-refractivity contribution in [2.24, 2.45) is 23.5 Å². The Bertz CT molecular complexity index is 898. The molecule has 3 N–H and O–H groups in total. The van der Waals surface area contributed by atoms with E-state index in [1.807, 2.05) is 0 Å². The predicted octanol–water partition coefficient (Wildman–Crippen LogP) is 1.49. The Balaban J connectivity index is 1.59. The number of carbonyl (C=O) groups is 2. The molecule has 1 aromatic heterocycles. The van der Waals surface area contributed by atoms with E-state index in [2.05, 4.69) is 17.2 Å². The van der Waals surface area contributed by atoms with Gasteiger partial charge in [0.05, 0.1) is 18.7 Å². The second kappa shape index (κ2) is 6.16. The third kappa shape index (κ3) is 2.55. The number of hydrogen-bond acceptors (Lipinski definition) is 5. The lowest BCUT2D eigenvalue weighted by molar-refractivity contribution is -0.121. The lowest BCUT2D eigenvalue weighted by atomic mass is 10.1. The van der Waals surface area contributed by atoms with Crippen molar-refractivity contribution in [1.82, 2.24) is 10.3 Å². The maximum absolute atomic E-state index is 12.0. The van der Waals surface area contributed by atoms with Gasteiger partial charge in [-0.15, -0.1) is 0 Å². The Morgan fingerprint density at radius 3 is 2.85 bits per heavy atom. The van der Waals surface area contributed by atoms with Gasteiger partial charge in [0.1, 0.15) is 12.4 Å². The fourth-order valence-electron chi connectivity index (χ4n) is 4.19. The van der Waals surface area contributed by atoms with Gasteiger partial charge in [-0.3, -0.25) is 9.59 Å². The van der Waals surface area contributed by atoms with Gasteiger partial charge < -0.3 is 20.5 Å². The number of piperidine rings is 1. The van der Waals surface area contributed by atoms with E-state index >= 15 is 0 Å². The number of aromatic nitrogens is 1. The number of amides is 2. The van der Waals surface area contributed by atoms with Gasteiger partial charge in [0.15, 0.2) is 0 Å². The van der Waals surface area contributed by atoms with Crippen molar-refractivity contribution in [3.8, 4) is 11.6 Å². The fourth-order valence-corrected chi connectivity index (χ4v) is 4.19. The summed E-state index contributed by atoms with van der Waals surface area (Å²) in [4.78, 5) is 27.9. The van der Waals surface area contributed by atoms with Crippen molar-refractivity contribution in [3.05, 3.63) is 30.0 Å². The van der Waals surface area contributed by atoms with E-state index in [-0.39, 0.29) is 17.9 Å². The van der Waals surface area contributed by atoms with Gasteiger partial charge in [0, 0.05) is 17.5 Å². The van der Waals surface area contributed by atoms with E-state index < -0.39 is 5.91 Å². The quantitative estimate of drug-likeness (QED) is 0.817. The lowest BCUT2D eigenvalue weighted by Crippen LogP contribution is -2.37. The molecule has 4 atom stereocenters. The molecule has 1 aliphatic heterocycles. The number of carbonyl (C=O) groups excluding carboxylic acids is 2. The first-order chi connectivity index (χ1) is 12.5. The molecule has 7 heteroatoms. The molecule has 2 heterocycles. The molecule has 26 heavy (non-hydrogen) atoms. The number of primary amides is 1. The van der Waals surface area contributed by atoms with Gasteiger partial charge >= 0.3 is 0 Å². The number of nitrogens with two attached hydrogens (primary N) is 1. The van der Waals surface area contributed by atoms with Crippen LogP contribution in [0.4, 0.5) is 0 Å². The maximum Gasteiger partial charge on any atom is 0.252 e. The molecule has 0 radical (unpaired) electrons. The molecule has 0 spiro atoms. The number of hydrogen-bond donors (Lipinski definition) is 2. The highest BCUT2D eigenvalue weighted by atomic mass is 16.5. The molecule has 2 amide bonds. The minimum atomic E-state index is -0.554. The summed E-state index contributed by atoms with van der Waals surface area (Å²) in [6, 6.07) is 5.18. The van der Waals surface area contributed by atoms with E-state index in [1.54, 1.807) is 24.4 Å². The van der Waals surface area contributed by atoms with Gasteiger partial charge in [-0.05, 0) is 35.4 Å². The van der Waals surface area contributed by atoms with Crippen LogP contribution in [0.25, 0.3) is 10.8 Å². The summed E-state index contributed by atoms with van der Waals surface area (Å²) in [5.74, 6) is 1.38. The summed E-state index contributed by atoms with van der Waals surface area (Å²) in [7, 11) is 1.48. The first-order valence-corrected chi connectivity index (χ1v) is 8.74. The van der Waals surface area contributed by atoms with E-state index in [0.29, 0.717) is 35.6 Å². The molecular formula is C19H21N3O4. The third-order valence-electron chi connectivity index (χ3n) is 5.51. The van der Waals surface area contributed by atoms with Gasteiger partial charge in [0.25, 0.3) is 5.91 Å². The summed E-state index contributed by atoms with van der Waals surface area (Å²) in [6.07, 6.45) is 2.63. The van der Waals surface area contributed by atoms with Gasteiger partial charge in [-0.1, -0.05) is 13.3 Å². The molecule has 2 aliphatic rings. The third-order valence-corrected chi connectivity index (χ3v) is 5.51. The number of ether oxygens (including phenoxy) is 2. The van der Waals surface area contributed by atoms with Crippen LogP contribution in [0.5, 0.6) is 11.6 Å². The van der Waals surface area contributed by atoms with Crippen LogP contribution >= 0.6 is 0 Å². The summed E-state index contributed by atoms with van der Waals surface area (Å²) < 4.78 is 11.2. The normalized spacial score (nSPS) is 26.3. The summed E-state index contributed by atoms with van der Waals surface area (Å²) >= 11 is 0. The van der Waals surface area contributed by atoms with Crippen LogP contribution in [0, 0.1) is 17.8 Å². The first-order valence-electron chi connectivity index (χ1n) is 8.74. The van der Waals surface area contributed by atoms with Crippen LogP contribution in [0.3, 0.4) is 0 Å². The molecule has 2 fully saturated rings. The van der Waals surface area contributed by atoms with Crippen LogP contribution in [-0.2, 0) is 4.79 Å². The zero-order chi connectivity index (χ0) is 18.4. The van der Waals surface area contributed by atoms with E-state index in [0.717, 1.165) is 17.2 Å². The zero-order valence-corrected chi connectivity index (χ0v) is 14.7. The fraction of sp³-hybridized carbons (Fsp3) is 0.421. The van der Waals surface area contributed by atoms with E-state index in [9.17, 15) is 9.59 Å². The molecule has 4 rings (SSSR count). The number of nitrogens with one attached hydrogen (secondary N) is 1. The van der Waals surface area contributed by atoms with Crippen LogP contribution in [-0.4, -0.2) is 36.6 Å². The second-order valence-corrected chi connectivity index (χ2v) is 6.86. The van der Waals surface area contributed by atoms with Crippen molar-refractivity contribution >= 4 is 22.6 Å². The van der Waals surface area contributed by atoms with Gasteiger partial charge in [-0.2, -0.15) is 0 Å². The maximum atomic E-state index is 12.0. The van der Waals surface area contributed by atoms with Gasteiger partial charge in [0.2, 0.25) is 11.8 Å². The molecule has 0 bridgehead atoms. The molecule has 1 aliphatic carbocycles. The van der Waals surface area contributed by atoms with Crippen molar-refractivity contribution < 1.29 is 19.1 Å². The molecule has 1 aromatic carbocycles. The number of fused-ring (bicyclic) bond motifs is 2. The zero-order valence-electron chi connectivity index (χ0n) is 14.7. The number of rotatable bonds is 6. The topological polar surface area (TPSA) is 104 Å². The molecule has 136 valence electrons. The molecule has 1 saturated heterocycles. The Morgan fingerprint density at radius 2 is 2.19 bits per heavy atom. The molecule has 1 saturated carbocycles. The molecule has 2 aromatic rings. The van der Waals surface area contributed by atoms with Gasteiger partial charge in [-0.25, -0.2) is 4.98 Å². The average molecular weight is 355 g/mol. The molecule has 7 nitrogen and oxygen atoms in total. The SMILES string of the molecule is CCC1C2C(=O)N[C@H](COc3nccc4cc(C(N)=O)c(OC)cc34)C12. The molecule has 3 unspecified atom stereocenters. The second-order valence-electron chi connectivity index (χ2n) is 6.86. The number of methoxy groups -OCH3 is 1. The lowest BCUT2D eigenvalue weighted by Gasteiger charge is -2.17. The monoisotopic (exact) mass is 355 g/mol. The summed E-state index contributed by atoms with van der Waals surface area (Å²) in [6.45, 7) is 2.48. The average Bonchev–Trinajstić information content (AvgIpc) is 3.29. The Morgan fingerprint density at radius 1 is 1.38 bits per heavy atom. The van der Waals surface area contributed by atoms with Crippen LogP contribution < -0.4 is 20.5 Å². The highest BCUT2D eigenvalue weighted by molar-refractivity contribution is 6.01. The minimum Gasteiger partial charge on any atom is -0.496 e. The minimum absolute atomic E-state index is 0.0151.